The molecule has 17 heavy (non-hydrogen) atoms. The topological polar surface area (TPSA) is 55.1 Å². The summed E-state index contributed by atoms with van der Waals surface area (Å²) >= 11 is 0. The highest BCUT2D eigenvalue weighted by Crippen LogP contribution is 2.16. The van der Waals surface area contributed by atoms with Gasteiger partial charge < -0.3 is 11.1 Å². The van der Waals surface area contributed by atoms with Crippen molar-refractivity contribution in [2.75, 3.05) is 6.54 Å². The van der Waals surface area contributed by atoms with Crippen molar-refractivity contribution in [3.8, 4) is 0 Å². The molecular formula is C14H26N2O. The van der Waals surface area contributed by atoms with E-state index in [1.54, 1.807) is 0 Å². The van der Waals surface area contributed by atoms with Crippen molar-refractivity contribution in [3.63, 3.8) is 0 Å². The number of unbranched alkanes of at least 4 members (excludes halogenated alkanes) is 5. The van der Waals surface area contributed by atoms with Gasteiger partial charge in [-0.25, -0.2) is 0 Å². The van der Waals surface area contributed by atoms with Crippen molar-refractivity contribution in [1.82, 2.24) is 5.32 Å². The van der Waals surface area contributed by atoms with Crippen LogP contribution in [0.4, 0.5) is 0 Å². The number of hydrogen-bond donors (Lipinski definition) is 2. The van der Waals surface area contributed by atoms with Crippen LogP contribution in [0.3, 0.4) is 0 Å². The van der Waals surface area contributed by atoms with Gasteiger partial charge >= 0.3 is 0 Å². The van der Waals surface area contributed by atoms with Crippen molar-refractivity contribution in [1.29, 1.82) is 0 Å². The lowest BCUT2D eigenvalue weighted by molar-refractivity contribution is -0.123. The van der Waals surface area contributed by atoms with Gasteiger partial charge in [0.05, 0.1) is 5.92 Å². The van der Waals surface area contributed by atoms with E-state index in [1.165, 1.54) is 32.1 Å². The second kappa shape index (κ2) is 8.29. The molecular weight excluding hydrogens is 212 g/mol. The van der Waals surface area contributed by atoms with E-state index in [0.29, 0.717) is 0 Å². The van der Waals surface area contributed by atoms with Gasteiger partial charge in [-0.2, -0.15) is 0 Å². The molecule has 0 aliphatic heterocycles. The fraction of sp³-hybridized carbons (Fsp3) is 0.786. The third-order valence-corrected chi connectivity index (χ3v) is 3.28. The Morgan fingerprint density at radius 2 is 1.94 bits per heavy atom. The van der Waals surface area contributed by atoms with Crippen LogP contribution in [0.1, 0.15) is 51.9 Å². The molecule has 3 heteroatoms. The minimum Gasteiger partial charge on any atom is -0.356 e. The Morgan fingerprint density at radius 1 is 1.24 bits per heavy atom. The molecule has 0 heterocycles. The zero-order valence-corrected chi connectivity index (χ0v) is 11.0. The van der Waals surface area contributed by atoms with Crippen molar-refractivity contribution in [2.45, 2.75) is 57.9 Å². The zero-order valence-electron chi connectivity index (χ0n) is 11.0. The molecule has 3 nitrogen and oxygen atoms in total. The quantitative estimate of drug-likeness (QED) is 0.504. The minimum absolute atomic E-state index is 0.00471. The number of nitrogens with one attached hydrogen (secondary N) is 1. The highest BCUT2D eigenvalue weighted by Gasteiger charge is 2.21. The molecule has 0 saturated heterocycles. The lowest BCUT2D eigenvalue weighted by Gasteiger charge is -2.10. The summed E-state index contributed by atoms with van der Waals surface area (Å²) in [6.07, 6.45) is 12.2. The first-order chi connectivity index (χ1) is 8.24. The smallest absolute Gasteiger partial charge is 0.226 e. The van der Waals surface area contributed by atoms with Crippen LogP contribution in [-0.2, 0) is 4.79 Å². The van der Waals surface area contributed by atoms with Crippen molar-refractivity contribution < 1.29 is 4.79 Å². The molecule has 0 spiro atoms. The van der Waals surface area contributed by atoms with Gasteiger partial charge in [0.1, 0.15) is 0 Å². The number of rotatable bonds is 8. The third kappa shape index (κ3) is 5.87. The molecule has 1 aliphatic carbocycles. The molecule has 1 rings (SSSR count). The number of carbonyl (C=O) groups is 1. The summed E-state index contributed by atoms with van der Waals surface area (Å²) in [5, 5.41) is 2.99. The molecule has 0 bridgehead atoms. The Morgan fingerprint density at radius 3 is 2.59 bits per heavy atom. The van der Waals surface area contributed by atoms with E-state index < -0.39 is 0 Å². The summed E-state index contributed by atoms with van der Waals surface area (Å²) < 4.78 is 0. The average Bonchev–Trinajstić information content (AvgIpc) is 2.74. The summed E-state index contributed by atoms with van der Waals surface area (Å²) in [5.74, 6) is 0.146. The number of carbonyl (C=O) groups excluding carboxylic acids is 1. The predicted octanol–water partition coefficient (Wildman–Crippen LogP) is 2.37. The van der Waals surface area contributed by atoms with Gasteiger partial charge in [0, 0.05) is 12.6 Å². The van der Waals surface area contributed by atoms with Crippen LogP contribution in [0.2, 0.25) is 0 Å². The van der Waals surface area contributed by atoms with Crippen LogP contribution < -0.4 is 11.1 Å². The Kier molecular flexibility index (Phi) is 6.94. The maximum absolute atomic E-state index is 11.7. The SMILES string of the molecule is CCCCCCCCNC(=O)C1C=CC(N)C1. The van der Waals surface area contributed by atoms with Gasteiger partial charge in [-0.15, -0.1) is 0 Å². The monoisotopic (exact) mass is 238 g/mol. The minimum atomic E-state index is 0.00471. The van der Waals surface area contributed by atoms with Crippen molar-refractivity contribution in [2.24, 2.45) is 11.7 Å². The van der Waals surface area contributed by atoms with E-state index in [2.05, 4.69) is 12.2 Å². The molecule has 98 valence electrons. The summed E-state index contributed by atoms with van der Waals surface area (Å²) in [6.45, 7) is 3.03. The van der Waals surface area contributed by atoms with Crippen LogP contribution in [0.25, 0.3) is 0 Å². The Bertz CT molecular complexity index is 251. The molecule has 1 aliphatic rings. The van der Waals surface area contributed by atoms with Crippen molar-refractivity contribution in [3.05, 3.63) is 12.2 Å². The molecule has 0 fully saturated rings. The first kappa shape index (κ1) is 14.2. The van der Waals surface area contributed by atoms with Crippen LogP contribution in [0.5, 0.6) is 0 Å². The largest absolute Gasteiger partial charge is 0.356 e. The maximum atomic E-state index is 11.7. The van der Waals surface area contributed by atoms with Crippen LogP contribution in [0.15, 0.2) is 12.2 Å². The third-order valence-electron chi connectivity index (χ3n) is 3.28. The van der Waals surface area contributed by atoms with E-state index in [9.17, 15) is 4.79 Å². The van der Waals surface area contributed by atoms with Crippen LogP contribution in [0, 0.1) is 5.92 Å². The lowest BCUT2D eigenvalue weighted by atomic mass is 10.1. The van der Waals surface area contributed by atoms with Gasteiger partial charge in [-0.1, -0.05) is 51.2 Å². The van der Waals surface area contributed by atoms with Gasteiger partial charge in [0.15, 0.2) is 0 Å². The number of hydrogen-bond acceptors (Lipinski definition) is 2. The molecule has 0 aromatic rings. The Balaban J connectivity index is 1.96. The van der Waals surface area contributed by atoms with E-state index in [0.717, 1.165) is 19.4 Å². The lowest BCUT2D eigenvalue weighted by Crippen LogP contribution is -2.31. The predicted molar refractivity (Wildman–Crippen MR) is 71.6 cm³/mol. The Labute approximate surface area is 105 Å². The average molecular weight is 238 g/mol. The van der Waals surface area contributed by atoms with Crippen LogP contribution >= 0.6 is 0 Å². The standard InChI is InChI=1S/C14H26N2O/c1-2-3-4-5-6-7-10-16-14(17)12-8-9-13(15)11-12/h8-9,12-13H,2-7,10-11,15H2,1H3,(H,16,17). The van der Waals surface area contributed by atoms with Gasteiger partial charge in [0.2, 0.25) is 5.91 Å². The van der Waals surface area contributed by atoms with E-state index in [-0.39, 0.29) is 17.9 Å². The highest BCUT2D eigenvalue weighted by atomic mass is 16.1. The summed E-state index contributed by atoms with van der Waals surface area (Å²) in [6, 6.07) is 0.0693. The fourth-order valence-corrected chi connectivity index (χ4v) is 2.17. The molecule has 1 amide bonds. The van der Waals surface area contributed by atoms with Gasteiger partial charge in [0.25, 0.3) is 0 Å². The van der Waals surface area contributed by atoms with Gasteiger partial charge in [-0.05, 0) is 12.8 Å². The molecule has 0 aromatic heterocycles. The second-order valence-electron chi connectivity index (χ2n) is 4.95. The summed E-state index contributed by atoms with van der Waals surface area (Å²) in [5.41, 5.74) is 5.72. The fourth-order valence-electron chi connectivity index (χ4n) is 2.17. The first-order valence-electron chi connectivity index (χ1n) is 6.95. The van der Waals surface area contributed by atoms with Crippen molar-refractivity contribution >= 4 is 5.91 Å². The molecule has 0 aromatic carbocycles. The highest BCUT2D eigenvalue weighted by molar-refractivity contribution is 5.81. The summed E-state index contributed by atoms with van der Waals surface area (Å²) in [4.78, 5) is 11.7. The normalized spacial score (nSPS) is 22.9. The number of nitrogens with two attached hydrogens (primary N) is 1. The van der Waals surface area contributed by atoms with E-state index in [1.807, 2.05) is 12.2 Å². The van der Waals surface area contributed by atoms with E-state index in [4.69, 9.17) is 5.73 Å². The zero-order chi connectivity index (χ0) is 12.5. The Hall–Kier alpha value is -0.830. The van der Waals surface area contributed by atoms with E-state index >= 15 is 0 Å². The maximum Gasteiger partial charge on any atom is 0.226 e. The number of amides is 1. The molecule has 2 unspecified atom stereocenters. The van der Waals surface area contributed by atoms with Gasteiger partial charge in [-0.3, -0.25) is 4.79 Å². The van der Waals surface area contributed by atoms with Crippen LogP contribution in [-0.4, -0.2) is 18.5 Å². The summed E-state index contributed by atoms with van der Waals surface area (Å²) in [7, 11) is 0. The molecule has 0 saturated carbocycles. The first-order valence-corrected chi connectivity index (χ1v) is 6.95. The molecule has 3 N–H and O–H groups in total. The second-order valence-corrected chi connectivity index (χ2v) is 4.95. The molecule has 0 radical (unpaired) electrons. The molecule has 2 atom stereocenters.